The molecule has 0 spiro atoms. The van der Waals surface area contributed by atoms with Crippen molar-refractivity contribution in [3.63, 3.8) is 0 Å². The first kappa shape index (κ1) is 17.5. The number of carboxylic acids is 1. The van der Waals surface area contributed by atoms with E-state index in [1.807, 2.05) is 0 Å². The summed E-state index contributed by atoms with van der Waals surface area (Å²) in [5, 5.41) is 19.0. The minimum atomic E-state index is -4.97. The molecule has 0 bridgehead atoms. The molecule has 2 unspecified atom stereocenters. The van der Waals surface area contributed by atoms with Crippen LogP contribution in [0.15, 0.2) is 11.3 Å². The van der Waals surface area contributed by atoms with Crippen LogP contribution < -0.4 is 0 Å². The Labute approximate surface area is 136 Å². The molecule has 0 aromatic carbocycles. The number of aliphatic carboxylic acids is 1. The molecule has 3 aliphatic rings. The first-order chi connectivity index (χ1) is 11.2. The van der Waals surface area contributed by atoms with E-state index in [0.717, 1.165) is 0 Å². The van der Waals surface area contributed by atoms with Crippen molar-refractivity contribution < 1.29 is 42.7 Å². The summed E-state index contributed by atoms with van der Waals surface area (Å²) in [5.41, 5.74) is -2.53. The number of hydrogen-bond acceptors (Lipinski definition) is 5. The van der Waals surface area contributed by atoms with Gasteiger partial charge in [0.05, 0.1) is 11.7 Å². The van der Waals surface area contributed by atoms with E-state index >= 15 is 0 Å². The lowest BCUT2D eigenvalue weighted by molar-refractivity contribution is -0.415. The van der Waals surface area contributed by atoms with Crippen LogP contribution in [0.4, 0.5) is 13.2 Å². The Morgan fingerprint density at radius 2 is 2.00 bits per heavy atom. The average molecular weight is 352 g/mol. The van der Waals surface area contributed by atoms with Crippen molar-refractivity contribution >= 4 is 5.97 Å². The van der Waals surface area contributed by atoms with Crippen LogP contribution in [0.3, 0.4) is 0 Å². The van der Waals surface area contributed by atoms with Gasteiger partial charge in [0.1, 0.15) is 0 Å². The Morgan fingerprint density at radius 1 is 1.29 bits per heavy atom. The SMILES string of the molecule is C[C@H]1CCC2CCC[C@H]3C(C(=O)O)=C(C(F)(F)F)O[C@H](O1)C23OO. The molecule has 136 valence electrons. The summed E-state index contributed by atoms with van der Waals surface area (Å²) in [6, 6.07) is 0. The van der Waals surface area contributed by atoms with Gasteiger partial charge in [-0.05, 0) is 38.5 Å². The van der Waals surface area contributed by atoms with Gasteiger partial charge in [-0.3, -0.25) is 5.26 Å². The van der Waals surface area contributed by atoms with Gasteiger partial charge in [-0.2, -0.15) is 13.2 Å². The predicted molar refractivity (Wildman–Crippen MR) is 72.6 cm³/mol. The molecule has 24 heavy (non-hydrogen) atoms. The van der Waals surface area contributed by atoms with Crippen LogP contribution >= 0.6 is 0 Å². The smallest absolute Gasteiger partial charge is 0.449 e. The summed E-state index contributed by atoms with van der Waals surface area (Å²) in [6.45, 7) is 1.70. The molecule has 9 heteroatoms. The van der Waals surface area contributed by atoms with Crippen LogP contribution in [-0.2, 0) is 19.2 Å². The molecule has 1 aliphatic carbocycles. The number of carbonyl (C=O) groups is 1. The van der Waals surface area contributed by atoms with Crippen molar-refractivity contribution in [3.8, 4) is 0 Å². The van der Waals surface area contributed by atoms with Crippen LogP contribution in [0.2, 0.25) is 0 Å². The van der Waals surface area contributed by atoms with E-state index in [4.69, 9.17) is 14.4 Å². The Kier molecular flexibility index (Phi) is 4.29. The van der Waals surface area contributed by atoms with Crippen molar-refractivity contribution in [1.82, 2.24) is 0 Å². The number of carboxylic acid groups (broad SMARTS) is 1. The largest absolute Gasteiger partial charge is 0.478 e. The van der Waals surface area contributed by atoms with Crippen LogP contribution in [0.5, 0.6) is 0 Å². The second kappa shape index (κ2) is 5.89. The Hall–Kier alpha value is -1.32. The highest BCUT2D eigenvalue weighted by Gasteiger charge is 2.65. The molecule has 5 atom stereocenters. The van der Waals surface area contributed by atoms with Gasteiger partial charge < -0.3 is 14.6 Å². The van der Waals surface area contributed by atoms with Gasteiger partial charge in [0, 0.05) is 5.92 Å². The zero-order chi connectivity index (χ0) is 17.7. The van der Waals surface area contributed by atoms with E-state index in [9.17, 15) is 28.3 Å². The van der Waals surface area contributed by atoms with Gasteiger partial charge in [-0.15, -0.1) is 0 Å². The fourth-order valence-electron chi connectivity index (χ4n) is 4.32. The molecule has 3 rings (SSSR count). The lowest BCUT2D eigenvalue weighted by atomic mass is 9.63. The van der Waals surface area contributed by atoms with E-state index < -0.39 is 47.4 Å². The second-order valence-electron chi connectivity index (χ2n) is 6.64. The number of alkyl halides is 3. The zero-order valence-electron chi connectivity index (χ0n) is 13.0. The summed E-state index contributed by atoms with van der Waals surface area (Å²) in [5.74, 6) is -4.78. The van der Waals surface area contributed by atoms with Crippen LogP contribution in [0.1, 0.15) is 39.0 Å². The zero-order valence-corrected chi connectivity index (χ0v) is 13.0. The number of ether oxygens (including phenoxy) is 2. The van der Waals surface area contributed by atoms with Crippen molar-refractivity contribution in [2.45, 2.75) is 63.2 Å². The molecule has 2 N–H and O–H groups in total. The first-order valence-corrected chi connectivity index (χ1v) is 7.91. The summed E-state index contributed by atoms with van der Waals surface area (Å²) in [6.07, 6.45) is -4.47. The minimum Gasteiger partial charge on any atom is -0.478 e. The standard InChI is InChI=1S/C15H19F3O6/c1-7-5-6-8-3-2-4-9-10(12(19)20)11(15(16,17)18)23-13(22-7)14(8,9)24-21/h7-9,13,21H,2-6H2,1H3,(H,19,20)/t7-,8?,9-,13-,14?/m0/s1. The molecule has 6 nitrogen and oxygen atoms in total. The Balaban J connectivity index is 2.19. The topological polar surface area (TPSA) is 85.2 Å². The summed E-state index contributed by atoms with van der Waals surface area (Å²) in [4.78, 5) is 16.3. The number of rotatable bonds is 2. The molecule has 2 fully saturated rings. The third kappa shape index (κ3) is 2.49. The highest BCUT2D eigenvalue weighted by Crippen LogP contribution is 2.56. The molecule has 0 aromatic rings. The van der Waals surface area contributed by atoms with E-state index in [1.54, 1.807) is 6.92 Å². The van der Waals surface area contributed by atoms with E-state index in [2.05, 4.69) is 0 Å². The van der Waals surface area contributed by atoms with E-state index in [-0.39, 0.29) is 12.3 Å². The third-order valence-corrected chi connectivity index (χ3v) is 5.34. The molecule has 1 saturated carbocycles. The highest BCUT2D eigenvalue weighted by atomic mass is 19.4. The van der Waals surface area contributed by atoms with Crippen LogP contribution in [0, 0.1) is 11.8 Å². The third-order valence-electron chi connectivity index (χ3n) is 5.34. The van der Waals surface area contributed by atoms with Gasteiger partial charge in [0.25, 0.3) is 0 Å². The maximum absolute atomic E-state index is 13.4. The average Bonchev–Trinajstić information content (AvgIpc) is 2.64. The quantitative estimate of drug-likeness (QED) is 0.587. The molecular formula is C15H19F3O6. The van der Waals surface area contributed by atoms with Crippen molar-refractivity contribution in [1.29, 1.82) is 0 Å². The Bertz CT molecular complexity index is 560. The summed E-state index contributed by atoms with van der Waals surface area (Å²) < 4.78 is 50.6. The normalized spacial score (nSPS) is 39.7. The highest BCUT2D eigenvalue weighted by molar-refractivity contribution is 5.88. The number of allylic oxidation sites excluding steroid dienone is 1. The van der Waals surface area contributed by atoms with Gasteiger partial charge in [0.2, 0.25) is 12.0 Å². The molecule has 0 aromatic heterocycles. The molecule has 2 aliphatic heterocycles. The second-order valence-corrected chi connectivity index (χ2v) is 6.64. The maximum atomic E-state index is 13.4. The maximum Gasteiger partial charge on any atom is 0.449 e. The van der Waals surface area contributed by atoms with Crippen molar-refractivity contribution in [2.75, 3.05) is 0 Å². The monoisotopic (exact) mass is 352 g/mol. The molecule has 0 amide bonds. The van der Waals surface area contributed by atoms with Crippen LogP contribution in [0.25, 0.3) is 0 Å². The van der Waals surface area contributed by atoms with Crippen molar-refractivity contribution in [2.24, 2.45) is 11.8 Å². The van der Waals surface area contributed by atoms with Gasteiger partial charge in [-0.25, -0.2) is 9.68 Å². The van der Waals surface area contributed by atoms with E-state index in [0.29, 0.717) is 25.7 Å². The number of hydrogen-bond donors (Lipinski definition) is 2. The van der Waals surface area contributed by atoms with Crippen LogP contribution in [-0.4, -0.2) is 40.5 Å². The molecule has 1 saturated heterocycles. The molecule has 2 heterocycles. The summed E-state index contributed by atoms with van der Waals surface area (Å²) in [7, 11) is 0. The molecule has 0 radical (unpaired) electrons. The van der Waals surface area contributed by atoms with Crippen molar-refractivity contribution in [3.05, 3.63) is 11.3 Å². The molecular weight excluding hydrogens is 333 g/mol. The fraction of sp³-hybridized carbons (Fsp3) is 0.800. The Morgan fingerprint density at radius 3 is 2.58 bits per heavy atom. The van der Waals surface area contributed by atoms with E-state index in [1.165, 1.54) is 0 Å². The van der Waals surface area contributed by atoms with Gasteiger partial charge in [-0.1, -0.05) is 6.42 Å². The van der Waals surface area contributed by atoms with Gasteiger partial charge >= 0.3 is 12.1 Å². The fourth-order valence-corrected chi connectivity index (χ4v) is 4.32. The van der Waals surface area contributed by atoms with Gasteiger partial charge in [0.15, 0.2) is 5.60 Å². The number of halogens is 3. The lowest BCUT2D eigenvalue weighted by Gasteiger charge is -2.52. The summed E-state index contributed by atoms with van der Waals surface area (Å²) >= 11 is 0. The first-order valence-electron chi connectivity index (χ1n) is 7.91. The minimum absolute atomic E-state index is 0.149. The lowest BCUT2D eigenvalue weighted by Crippen LogP contribution is -2.63. The predicted octanol–water partition coefficient (Wildman–Crippen LogP) is 3.09.